The molecule has 1 aliphatic heterocycles. The number of phenols is 1. The van der Waals surface area contributed by atoms with E-state index in [1.807, 2.05) is 24.4 Å². The van der Waals surface area contributed by atoms with E-state index >= 15 is 0 Å². The molecule has 0 saturated carbocycles. The van der Waals surface area contributed by atoms with Crippen LogP contribution in [0.25, 0.3) is 28.2 Å². The minimum Gasteiger partial charge on any atom is -0.507 e. The molecule has 144 valence electrons. The van der Waals surface area contributed by atoms with Gasteiger partial charge in [0.25, 0.3) is 0 Å². The van der Waals surface area contributed by atoms with Gasteiger partial charge in [-0.15, -0.1) is 10.2 Å². The summed E-state index contributed by atoms with van der Waals surface area (Å²) in [5.74, 6) is 0.602. The third-order valence-corrected chi connectivity index (χ3v) is 4.86. The van der Waals surface area contributed by atoms with Crippen molar-refractivity contribution in [2.24, 2.45) is 0 Å². The van der Waals surface area contributed by atoms with Crippen LogP contribution in [0.3, 0.4) is 0 Å². The van der Waals surface area contributed by atoms with Crippen LogP contribution in [-0.4, -0.2) is 55.4 Å². The third-order valence-electron chi connectivity index (χ3n) is 4.86. The van der Waals surface area contributed by atoms with Crippen LogP contribution in [0.2, 0.25) is 0 Å². The van der Waals surface area contributed by atoms with Crippen molar-refractivity contribution in [3.8, 4) is 23.0 Å². The quantitative estimate of drug-likeness (QED) is 0.548. The summed E-state index contributed by atoms with van der Waals surface area (Å²) in [7, 11) is 0. The van der Waals surface area contributed by atoms with Crippen LogP contribution in [0.5, 0.6) is 5.75 Å². The van der Waals surface area contributed by atoms with Crippen LogP contribution in [0, 0.1) is 0 Å². The average Bonchev–Trinajstić information content (AvgIpc) is 3.18. The molecule has 9 heteroatoms. The van der Waals surface area contributed by atoms with Crippen molar-refractivity contribution in [1.29, 1.82) is 0 Å². The average molecular weight is 387 g/mol. The molecule has 1 amide bonds. The molecule has 0 bridgehead atoms. The van der Waals surface area contributed by atoms with E-state index in [2.05, 4.69) is 25.5 Å². The molecule has 2 N–H and O–H groups in total. The molecule has 1 fully saturated rings. The Balaban J connectivity index is 1.52. The number of fused-ring (bicyclic) bond motifs is 1. The number of anilines is 1. The van der Waals surface area contributed by atoms with E-state index in [1.54, 1.807) is 40.1 Å². The first kappa shape index (κ1) is 17.3. The van der Waals surface area contributed by atoms with Gasteiger partial charge in [0.15, 0.2) is 0 Å². The van der Waals surface area contributed by atoms with Crippen molar-refractivity contribution in [3.63, 3.8) is 0 Å². The van der Waals surface area contributed by atoms with Gasteiger partial charge in [-0.3, -0.25) is 9.36 Å². The molecule has 0 unspecified atom stereocenters. The van der Waals surface area contributed by atoms with E-state index in [0.717, 1.165) is 12.1 Å². The van der Waals surface area contributed by atoms with E-state index < -0.39 is 0 Å². The van der Waals surface area contributed by atoms with Crippen LogP contribution in [0.4, 0.5) is 5.69 Å². The van der Waals surface area contributed by atoms with E-state index in [1.165, 1.54) is 0 Å². The summed E-state index contributed by atoms with van der Waals surface area (Å²) in [5, 5.41) is 21.6. The fraction of sp³-hybridized carbons (Fsp3) is 0.150. The minimum absolute atomic E-state index is 0.00148. The molecule has 4 heterocycles. The number of para-hydroxylation sites is 1. The lowest BCUT2D eigenvalue weighted by Crippen LogP contribution is -2.48. The molecule has 4 aromatic rings. The van der Waals surface area contributed by atoms with Gasteiger partial charge in [-0.2, -0.15) is 0 Å². The highest BCUT2D eigenvalue weighted by molar-refractivity contribution is 5.95. The van der Waals surface area contributed by atoms with Gasteiger partial charge < -0.3 is 15.3 Å². The van der Waals surface area contributed by atoms with Crippen molar-refractivity contribution >= 4 is 22.6 Å². The minimum atomic E-state index is 0.00148. The molecule has 9 nitrogen and oxygen atoms in total. The van der Waals surface area contributed by atoms with Gasteiger partial charge in [-0.1, -0.05) is 12.1 Å². The smallest absolute Gasteiger partial charge is 0.241 e. The van der Waals surface area contributed by atoms with Gasteiger partial charge in [0.1, 0.15) is 11.3 Å². The maximum absolute atomic E-state index is 12.0. The Bertz CT molecular complexity index is 1200. The topological polar surface area (TPSA) is 109 Å². The molecule has 1 aromatic carbocycles. The summed E-state index contributed by atoms with van der Waals surface area (Å²) in [6.45, 7) is 1.65. The van der Waals surface area contributed by atoms with Crippen LogP contribution in [0.1, 0.15) is 0 Å². The van der Waals surface area contributed by atoms with Crippen molar-refractivity contribution < 1.29 is 9.90 Å². The Labute approximate surface area is 165 Å². The standard InChI is InChI=1S/C20H17N7O2/c28-18-4-2-1-3-14(18)16-9-17-15(24-25-16)5-7-27(17)20-22-10-13(11-23-20)26-8-6-21-12-19(26)29/h1-5,7,9-11,21,28H,6,8,12H2. The molecule has 0 radical (unpaired) electrons. The molecule has 1 aliphatic rings. The molecule has 0 aliphatic carbocycles. The predicted octanol–water partition coefficient (Wildman–Crippen LogP) is 1.52. The summed E-state index contributed by atoms with van der Waals surface area (Å²) in [6, 6.07) is 10.7. The SMILES string of the molecule is O=C1CNCCN1c1cnc(-n2ccc3nnc(-c4ccccc4O)cc32)nc1. The van der Waals surface area contributed by atoms with Gasteiger partial charge in [-0.05, 0) is 24.3 Å². The highest BCUT2D eigenvalue weighted by Gasteiger charge is 2.20. The monoisotopic (exact) mass is 387 g/mol. The number of nitrogens with one attached hydrogen (secondary N) is 1. The molecular formula is C20H17N7O2. The van der Waals surface area contributed by atoms with Crippen LogP contribution >= 0.6 is 0 Å². The number of nitrogens with zero attached hydrogens (tertiary/aromatic N) is 6. The number of rotatable bonds is 3. The number of aromatic nitrogens is 5. The lowest BCUT2D eigenvalue weighted by atomic mass is 10.1. The van der Waals surface area contributed by atoms with Gasteiger partial charge >= 0.3 is 0 Å². The second kappa shape index (κ2) is 6.95. The number of amides is 1. The van der Waals surface area contributed by atoms with Crippen LogP contribution < -0.4 is 10.2 Å². The zero-order chi connectivity index (χ0) is 19.8. The fourth-order valence-electron chi connectivity index (χ4n) is 3.38. The molecule has 0 atom stereocenters. The summed E-state index contributed by atoms with van der Waals surface area (Å²) in [5.41, 5.74) is 3.28. The van der Waals surface area contributed by atoms with Crippen molar-refractivity contribution in [1.82, 2.24) is 30.0 Å². The summed E-state index contributed by atoms with van der Waals surface area (Å²) >= 11 is 0. The number of carbonyl (C=O) groups is 1. The Kier molecular flexibility index (Phi) is 4.14. The van der Waals surface area contributed by atoms with Crippen molar-refractivity contribution in [3.05, 3.63) is 55.0 Å². The summed E-state index contributed by atoms with van der Waals surface area (Å²) in [6.07, 6.45) is 5.12. The number of hydrogen-bond acceptors (Lipinski definition) is 7. The van der Waals surface area contributed by atoms with Gasteiger partial charge in [-0.25, -0.2) is 9.97 Å². The maximum Gasteiger partial charge on any atom is 0.241 e. The zero-order valence-electron chi connectivity index (χ0n) is 15.4. The third kappa shape index (κ3) is 3.07. The number of piperazine rings is 1. The van der Waals surface area contributed by atoms with Crippen molar-refractivity contribution in [2.75, 3.05) is 24.5 Å². The first-order valence-corrected chi connectivity index (χ1v) is 9.17. The Morgan fingerprint density at radius 2 is 1.90 bits per heavy atom. The zero-order valence-corrected chi connectivity index (χ0v) is 15.4. The lowest BCUT2D eigenvalue weighted by Gasteiger charge is -2.26. The van der Waals surface area contributed by atoms with Crippen LogP contribution in [-0.2, 0) is 4.79 Å². The van der Waals surface area contributed by atoms with Gasteiger partial charge in [0.05, 0.1) is 35.8 Å². The van der Waals surface area contributed by atoms with E-state index in [4.69, 9.17) is 0 Å². The van der Waals surface area contributed by atoms with E-state index in [0.29, 0.717) is 41.5 Å². The number of aromatic hydroxyl groups is 1. The maximum atomic E-state index is 12.0. The number of carbonyl (C=O) groups excluding carboxylic acids is 1. The molecular weight excluding hydrogens is 370 g/mol. The van der Waals surface area contributed by atoms with E-state index in [9.17, 15) is 9.90 Å². The Morgan fingerprint density at radius 1 is 1.07 bits per heavy atom. The molecule has 0 spiro atoms. The Hall–Kier alpha value is -3.85. The van der Waals surface area contributed by atoms with E-state index in [-0.39, 0.29) is 11.7 Å². The largest absolute Gasteiger partial charge is 0.507 e. The summed E-state index contributed by atoms with van der Waals surface area (Å²) < 4.78 is 1.80. The number of benzene rings is 1. The fourth-order valence-corrected chi connectivity index (χ4v) is 3.38. The first-order valence-electron chi connectivity index (χ1n) is 9.17. The predicted molar refractivity (Wildman–Crippen MR) is 107 cm³/mol. The molecule has 1 saturated heterocycles. The first-order chi connectivity index (χ1) is 14.2. The second-order valence-electron chi connectivity index (χ2n) is 6.67. The Morgan fingerprint density at radius 3 is 2.69 bits per heavy atom. The normalized spacial score (nSPS) is 14.5. The number of hydrogen-bond donors (Lipinski definition) is 2. The van der Waals surface area contributed by atoms with Crippen molar-refractivity contribution in [2.45, 2.75) is 0 Å². The highest BCUT2D eigenvalue weighted by Crippen LogP contribution is 2.29. The lowest BCUT2D eigenvalue weighted by molar-refractivity contribution is -0.118. The van der Waals surface area contributed by atoms with Crippen LogP contribution in [0.15, 0.2) is 55.0 Å². The molecule has 3 aromatic heterocycles. The molecule has 5 rings (SSSR count). The second-order valence-corrected chi connectivity index (χ2v) is 6.67. The summed E-state index contributed by atoms with van der Waals surface area (Å²) in [4.78, 5) is 22.6. The number of phenolic OH excluding ortho intramolecular Hbond substituents is 1. The van der Waals surface area contributed by atoms with Gasteiger partial charge in [0.2, 0.25) is 11.9 Å². The molecule has 29 heavy (non-hydrogen) atoms. The highest BCUT2D eigenvalue weighted by atomic mass is 16.3. The van der Waals surface area contributed by atoms with Gasteiger partial charge in [0, 0.05) is 24.8 Å².